The zero-order valence-electron chi connectivity index (χ0n) is 8.33. The van der Waals surface area contributed by atoms with Crippen molar-refractivity contribution in [2.75, 3.05) is 0 Å². The number of carbonyl (C=O) groups is 1. The average molecular weight is 256 g/mol. The molecule has 0 aromatic heterocycles. The van der Waals surface area contributed by atoms with Gasteiger partial charge in [0.25, 0.3) is 0 Å². The molecule has 1 N–H and O–H groups in total. The van der Waals surface area contributed by atoms with Crippen molar-refractivity contribution < 1.29 is 4.79 Å². The van der Waals surface area contributed by atoms with Gasteiger partial charge in [0.2, 0.25) is 5.91 Å². The Balaban J connectivity index is 2.59. The highest BCUT2D eigenvalue weighted by Gasteiger charge is 2.12. The molecule has 1 amide bonds. The molecule has 0 spiro atoms. The van der Waals surface area contributed by atoms with Crippen molar-refractivity contribution in [1.82, 2.24) is 5.32 Å². The van der Waals surface area contributed by atoms with Gasteiger partial charge in [-0.15, -0.1) is 0 Å². The van der Waals surface area contributed by atoms with Gasteiger partial charge in [0, 0.05) is 0 Å². The SMILES string of the molecule is CC(Br)C(=O)NC(C)c1ccccc1. The Hall–Kier alpha value is -0.830. The van der Waals surface area contributed by atoms with Crippen molar-refractivity contribution in [3.63, 3.8) is 0 Å². The fourth-order valence-electron chi connectivity index (χ4n) is 1.15. The lowest BCUT2D eigenvalue weighted by Gasteiger charge is -2.15. The van der Waals surface area contributed by atoms with Crippen LogP contribution >= 0.6 is 15.9 Å². The summed E-state index contributed by atoms with van der Waals surface area (Å²) in [5.41, 5.74) is 1.12. The van der Waals surface area contributed by atoms with Crippen LogP contribution in [0.1, 0.15) is 25.5 Å². The molecule has 2 nitrogen and oxygen atoms in total. The van der Waals surface area contributed by atoms with Gasteiger partial charge in [0.05, 0.1) is 10.9 Å². The van der Waals surface area contributed by atoms with Gasteiger partial charge in [-0.3, -0.25) is 4.79 Å². The Bertz CT molecular complexity index is 297. The zero-order chi connectivity index (χ0) is 10.6. The fourth-order valence-corrected chi connectivity index (χ4v) is 1.29. The molecule has 0 fully saturated rings. The predicted octanol–water partition coefficient (Wildman–Crippen LogP) is 2.65. The first kappa shape index (κ1) is 11.2. The minimum Gasteiger partial charge on any atom is -0.349 e. The molecule has 2 unspecified atom stereocenters. The van der Waals surface area contributed by atoms with E-state index in [4.69, 9.17) is 0 Å². The lowest BCUT2D eigenvalue weighted by Crippen LogP contribution is -2.31. The van der Waals surface area contributed by atoms with Crippen LogP contribution in [0.15, 0.2) is 30.3 Å². The molecule has 76 valence electrons. The number of benzene rings is 1. The van der Waals surface area contributed by atoms with E-state index in [1.165, 1.54) is 0 Å². The van der Waals surface area contributed by atoms with E-state index in [1.54, 1.807) is 0 Å². The van der Waals surface area contributed by atoms with E-state index in [9.17, 15) is 4.79 Å². The highest BCUT2D eigenvalue weighted by atomic mass is 79.9. The Kier molecular flexibility index (Phi) is 4.14. The van der Waals surface area contributed by atoms with Crippen molar-refractivity contribution >= 4 is 21.8 Å². The number of hydrogen-bond acceptors (Lipinski definition) is 1. The summed E-state index contributed by atoms with van der Waals surface area (Å²) in [6.07, 6.45) is 0. The second-order valence-electron chi connectivity index (χ2n) is 3.26. The summed E-state index contributed by atoms with van der Waals surface area (Å²) in [7, 11) is 0. The van der Waals surface area contributed by atoms with E-state index >= 15 is 0 Å². The van der Waals surface area contributed by atoms with Crippen molar-refractivity contribution in [2.24, 2.45) is 0 Å². The summed E-state index contributed by atoms with van der Waals surface area (Å²) in [6, 6.07) is 9.97. The Morgan fingerprint density at radius 3 is 2.36 bits per heavy atom. The fraction of sp³-hybridized carbons (Fsp3) is 0.364. The average Bonchev–Trinajstić information content (AvgIpc) is 2.19. The second kappa shape index (κ2) is 5.15. The molecule has 14 heavy (non-hydrogen) atoms. The second-order valence-corrected chi connectivity index (χ2v) is 4.63. The molecule has 0 aliphatic heterocycles. The molecule has 0 aliphatic rings. The molecule has 0 radical (unpaired) electrons. The third kappa shape index (κ3) is 3.14. The maximum atomic E-state index is 11.4. The van der Waals surface area contributed by atoms with Crippen LogP contribution in [0, 0.1) is 0 Å². The van der Waals surface area contributed by atoms with Gasteiger partial charge in [-0.05, 0) is 19.4 Å². The highest BCUT2D eigenvalue weighted by molar-refractivity contribution is 9.10. The van der Waals surface area contributed by atoms with Crippen LogP contribution in [0.2, 0.25) is 0 Å². The maximum absolute atomic E-state index is 11.4. The molecule has 3 heteroatoms. The standard InChI is InChI=1S/C11H14BrNO/c1-8(12)11(14)13-9(2)10-6-4-3-5-7-10/h3-9H,1-2H3,(H,13,14). The lowest BCUT2D eigenvalue weighted by molar-refractivity contribution is -0.120. The summed E-state index contributed by atoms with van der Waals surface area (Å²) in [5.74, 6) is 0.0151. The minimum absolute atomic E-state index is 0.0151. The Morgan fingerprint density at radius 1 is 1.29 bits per heavy atom. The van der Waals surface area contributed by atoms with Crippen molar-refractivity contribution in [2.45, 2.75) is 24.7 Å². The molecule has 0 saturated heterocycles. The number of amides is 1. The number of alkyl halides is 1. The Labute approximate surface area is 92.8 Å². The largest absolute Gasteiger partial charge is 0.349 e. The van der Waals surface area contributed by atoms with E-state index in [0.717, 1.165) is 5.56 Å². The molecule has 0 aliphatic carbocycles. The third-order valence-corrected chi connectivity index (χ3v) is 2.44. The van der Waals surface area contributed by atoms with E-state index in [-0.39, 0.29) is 16.8 Å². The van der Waals surface area contributed by atoms with Gasteiger partial charge >= 0.3 is 0 Å². The molecular formula is C11H14BrNO. The summed E-state index contributed by atoms with van der Waals surface area (Å²) in [5, 5.41) is 2.91. The smallest absolute Gasteiger partial charge is 0.233 e. The monoisotopic (exact) mass is 255 g/mol. The quantitative estimate of drug-likeness (QED) is 0.827. The van der Waals surface area contributed by atoms with Crippen LogP contribution in [0.25, 0.3) is 0 Å². The summed E-state index contributed by atoms with van der Waals surface area (Å²) in [6.45, 7) is 3.79. The van der Waals surface area contributed by atoms with Gasteiger partial charge in [-0.2, -0.15) is 0 Å². The van der Waals surface area contributed by atoms with Gasteiger partial charge in [0.15, 0.2) is 0 Å². The molecule has 0 heterocycles. The van der Waals surface area contributed by atoms with Gasteiger partial charge in [0.1, 0.15) is 0 Å². The minimum atomic E-state index is -0.145. The van der Waals surface area contributed by atoms with E-state index in [0.29, 0.717) is 0 Å². The molecule has 1 rings (SSSR count). The van der Waals surface area contributed by atoms with Crippen LogP contribution in [0.4, 0.5) is 0 Å². The van der Waals surface area contributed by atoms with Crippen molar-refractivity contribution in [3.05, 3.63) is 35.9 Å². The first-order valence-corrected chi connectivity index (χ1v) is 5.52. The molecular weight excluding hydrogens is 242 g/mol. The third-order valence-electron chi connectivity index (χ3n) is 2.02. The van der Waals surface area contributed by atoms with E-state index in [1.807, 2.05) is 44.2 Å². The number of halogens is 1. The Morgan fingerprint density at radius 2 is 1.86 bits per heavy atom. The summed E-state index contributed by atoms with van der Waals surface area (Å²) in [4.78, 5) is 11.2. The normalized spacial score (nSPS) is 14.5. The van der Waals surface area contributed by atoms with Gasteiger partial charge < -0.3 is 5.32 Å². The molecule has 1 aromatic rings. The first-order valence-electron chi connectivity index (χ1n) is 4.60. The van der Waals surface area contributed by atoms with Gasteiger partial charge in [-0.1, -0.05) is 46.3 Å². The van der Waals surface area contributed by atoms with E-state index < -0.39 is 0 Å². The number of rotatable bonds is 3. The van der Waals surface area contributed by atoms with Crippen LogP contribution in [-0.4, -0.2) is 10.7 Å². The number of hydrogen-bond donors (Lipinski definition) is 1. The van der Waals surface area contributed by atoms with Crippen LogP contribution in [0.5, 0.6) is 0 Å². The van der Waals surface area contributed by atoms with Crippen molar-refractivity contribution in [3.8, 4) is 0 Å². The first-order chi connectivity index (χ1) is 6.61. The molecule has 2 atom stereocenters. The number of nitrogens with one attached hydrogen (secondary N) is 1. The molecule has 1 aromatic carbocycles. The summed E-state index contributed by atoms with van der Waals surface area (Å²) >= 11 is 3.23. The number of carbonyl (C=O) groups excluding carboxylic acids is 1. The zero-order valence-corrected chi connectivity index (χ0v) is 9.91. The predicted molar refractivity (Wildman–Crippen MR) is 61.4 cm³/mol. The van der Waals surface area contributed by atoms with Crippen LogP contribution in [-0.2, 0) is 4.79 Å². The van der Waals surface area contributed by atoms with Crippen molar-refractivity contribution in [1.29, 1.82) is 0 Å². The van der Waals surface area contributed by atoms with E-state index in [2.05, 4.69) is 21.2 Å². The maximum Gasteiger partial charge on any atom is 0.233 e. The molecule has 0 bridgehead atoms. The molecule has 0 saturated carbocycles. The van der Waals surface area contributed by atoms with Crippen LogP contribution < -0.4 is 5.32 Å². The van der Waals surface area contributed by atoms with Crippen LogP contribution in [0.3, 0.4) is 0 Å². The summed E-state index contributed by atoms with van der Waals surface area (Å²) < 4.78 is 0. The van der Waals surface area contributed by atoms with Gasteiger partial charge in [-0.25, -0.2) is 0 Å². The topological polar surface area (TPSA) is 29.1 Å². The highest BCUT2D eigenvalue weighted by Crippen LogP contribution is 2.11. The lowest BCUT2D eigenvalue weighted by atomic mass is 10.1.